The lowest BCUT2D eigenvalue weighted by molar-refractivity contribution is -0.133. The van der Waals surface area contributed by atoms with E-state index in [0.717, 1.165) is 0 Å². The summed E-state index contributed by atoms with van der Waals surface area (Å²) in [6.07, 6.45) is 0. The first-order valence-electron chi connectivity index (χ1n) is 6.16. The summed E-state index contributed by atoms with van der Waals surface area (Å²) in [6.45, 7) is 6.82. The van der Waals surface area contributed by atoms with E-state index in [0.29, 0.717) is 4.88 Å². The van der Waals surface area contributed by atoms with Crippen LogP contribution in [0.1, 0.15) is 37.4 Å². The third-order valence-corrected chi connectivity index (χ3v) is 3.33. The van der Waals surface area contributed by atoms with Crippen LogP contribution in [-0.2, 0) is 9.59 Å². The second-order valence-corrected chi connectivity index (χ2v) is 6.31. The first-order valence-corrected chi connectivity index (χ1v) is 7.04. The zero-order valence-electron chi connectivity index (χ0n) is 11.9. The second-order valence-electron chi connectivity index (χ2n) is 5.37. The van der Waals surface area contributed by atoms with Crippen molar-refractivity contribution in [3.63, 3.8) is 0 Å². The van der Waals surface area contributed by atoms with E-state index < -0.39 is 17.4 Å². The number of amides is 3. The van der Waals surface area contributed by atoms with Gasteiger partial charge in [-0.2, -0.15) is 0 Å². The van der Waals surface area contributed by atoms with Gasteiger partial charge >= 0.3 is 0 Å². The summed E-state index contributed by atoms with van der Waals surface area (Å²) >= 11 is 1.27. The Morgan fingerprint density at radius 3 is 2.35 bits per heavy atom. The van der Waals surface area contributed by atoms with Gasteiger partial charge in [0.25, 0.3) is 11.8 Å². The third-order valence-electron chi connectivity index (χ3n) is 2.47. The molecule has 3 amide bonds. The molecule has 0 spiro atoms. The van der Waals surface area contributed by atoms with E-state index in [9.17, 15) is 14.4 Å². The van der Waals surface area contributed by atoms with Crippen LogP contribution in [0.5, 0.6) is 0 Å². The van der Waals surface area contributed by atoms with Gasteiger partial charge in [-0.15, -0.1) is 11.3 Å². The van der Waals surface area contributed by atoms with Crippen LogP contribution in [0.4, 0.5) is 0 Å². The summed E-state index contributed by atoms with van der Waals surface area (Å²) < 4.78 is 0. The molecule has 0 radical (unpaired) electrons. The maximum Gasteiger partial charge on any atom is 0.279 e. The van der Waals surface area contributed by atoms with Crippen molar-refractivity contribution in [3.8, 4) is 0 Å². The highest BCUT2D eigenvalue weighted by Gasteiger charge is 2.25. The van der Waals surface area contributed by atoms with Crippen LogP contribution < -0.4 is 16.2 Å². The van der Waals surface area contributed by atoms with Crippen LogP contribution in [0.15, 0.2) is 17.5 Å². The largest absolute Gasteiger partial charge is 0.344 e. The highest BCUT2D eigenvalue weighted by atomic mass is 32.1. The molecule has 1 heterocycles. The third kappa shape index (κ3) is 4.65. The summed E-state index contributed by atoms with van der Waals surface area (Å²) in [5.41, 5.74) is 4.00. The fourth-order valence-corrected chi connectivity index (χ4v) is 1.79. The Balaban J connectivity index is 2.43. The lowest BCUT2D eigenvalue weighted by atomic mass is 9.95. The molecule has 0 aromatic carbocycles. The Bertz CT molecular complexity index is 491. The molecule has 0 aliphatic heterocycles. The van der Waals surface area contributed by atoms with Gasteiger partial charge in [0.15, 0.2) is 0 Å². The van der Waals surface area contributed by atoms with Gasteiger partial charge in [0, 0.05) is 5.41 Å². The molecule has 1 unspecified atom stereocenters. The van der Waals surface area contributed by atoms with Gasteiger partial charge in [-0.05, 0) is 18.4 Å². The van der Waals surface area contributed by atoms with E-state index >= 15 is 0 Å². The summed E-state index contributed by atoms with van der Waals surface area (Å²) in [4.78, 5) is 35.6. The molecular weight excluding hydrogens is 278 g/mol. The number of rotatable bonds is 3. The standard InChI is InChI=1S/C13H19N3O3S/c1-8(14-12(19)13(2,3)4)10(17)15-16-11(18)9-6-5-7-20-9/h5-8H,1-4H3,(H,14,19)(H,15,17)(H,16,18). The van der Waals surface area contributed by atoms with Crippen LogP contribution in [0.25, 0.3) is 0 Å². The number of carbonyl (C=O) groups is 3. The minimum Gasteiger partial charge on any atom is -0.344 e. The smallest absolute Gasteiger partial charge is 0.279 e. The molecule has 1 atom stereocenters. The Morgan fingerprint density at radius 1 is 1.20 bits per heavy atom. The molecule has 6 nitrogen and oxygen atoms in total. The SMILES string of the molecule is CC(NC(=O)C(C)(C)C)C(=O)NNC(=O)c1cccs1. The summed E-state index contributed by atoms with van der Waals surface area (Å²) in [5.74, 6) is -1.10. The quantitative estimate of drug-likeness (QED) is 0.729. The topological polar surface area (TPSA) is 87.3 Å². The van der Waals surface area contributed by atoms with Crippen molar-refractivity contribution in [1.29, 1.82) is 0 Å². The first-order chi connectivity index (χ1) is 9.21. The monoisotopic (exact) mass is 297 g/mol. The predicted molar refractivity (Wildman–Crippen MR) is 77.0 cm³/mol. The Kier molecular flexibility index (Phi) is 5.26. The van der Waals surface area contributed by atoms with Crippen molar-refractivity contribution in [2.45, 2.75) is 33.7 Å². The van der Waals surface area contributed by atoms with Crippen molar-refractivity contribution in [2.24, 2.45) is 5.41 Å². The molecule has 20 heavy (non-hydrogen) atoms. The normalized spacial score (nSPS) is 12.4. The number of hydrazine groups is 1. The van der Waals surface area contributed by atoms with E-state index in [2.05, 4.69) is 16.2 Å². The number of carbonyl (C=O) groups excluding carboxylic acids is 3. The Hall–Kier alpha value is -1.89. The molecule has 110 valence electrons. The number of nitrogens with one attached hydrogen (secondary N) is 3. The second kappa shape index (κ2) is 6.51. The number of thiophene rings is 1. The Labute approximate surface area is 121 Å². The molecule has 0 saturated carbocycles. The van der Waals surface area contributed by atoms with E-state index in [4.69, 9.17) is 0 Å². The van der Waals surface area contributed by atoms with Crippen LogP contribution >= 0.6 is 11.3 Å². The van der Waals surface area contributed by atoms with E-state index in [1.165, 1.54) is 11.3 Å². The minimum absolute atomic E-state index is 0.232. The number of hydrogen-bond acceptors (Lipinski definition) is 4. The highest BCUT2D eigenvalue weighted by molar-refractivity contribution is 7.12. The Morgan fingerprint density at radius 2 is 1.85 bits per heavy atom. The fraction of sp³-hybridized carbons (Fsp3) is 0.462. The van der Waals surface area contributed by atoms with Crippen molar-refractivity contribution >= 4 is 29.1 Å². The van der Waals surface area contributed by atoms with Gasteiger partial charge in [-0.3, -0.25) is 25.2 Å². The molecule has 0 saturated heterocycles. The van der Waals surface area contributed by atoms with Crippen molar-refractivity contribution in [3.05, 3.63) is 22.4 Å². The molecule has 1 rings (SSSR count). The lowest BCUT2D eigenvalue weighted by Gasteiger charge is -2.21. The van der Waals surface area contributed by atoms with Gasteiger partial charge in [0.05, 0.1) is 4.88 Å². The predicted octanol–water partition coefficient (Wildman–Crippen LogP) is 1.06. The van der Waals surface area contributed by atoms with Crippen LogP contribution in [0, 0.1) is 5.41 Å². The van der Waals surface area contributed by atoms with E-state index in [1.807, 2.05) is 0 Å². The molecule has 1 aromatic heterocycles. The molecule has 1 aromatic rings. The van der Waals surface area contributed by atoms with Crippen LogP contribution in [0.3, 0.4) is 0 Å². The first kappa shape index (κ1) is 16.2. The fourth-order valence-electron chi connectivity index (χ4n) is 1.17. The van der Waals surface area contributed by atoms with Crippen molar-refractivity contribution in [2.75, 3.05) is 0 Å². The molecule has 0 fully saturated rings. The minimum atomic E-state index is -0.731. The van der Waals surface area contributed by atoms with Gasteiger partial charge in [-0.1, -0.05) is 26.8 Å². The van der Waals surface area contributed by atoms with Crippen molar-refractivity contribution < 1.29 is 14.4 Å². The summed E-state index contributed by atoms with van der Waals surface area (Å²) in [7, 11) is 0. The molecule has 0 bridgehead atoms. The van der Waals surface area contributed by atoms with Gasteiger partial charge < -0.3 is 5.32 Å². The average Bonchev–Trinajstić information content (AvgIpc) is 2.87. The van der Waals surface area contributed by atoms with Crippen LogP contribution in [0.2, 0.25) is 0 Å². The lowest BCUT2D eigenvalue weighted by Crippen LogP contribution is -2.52. The molecule has 3 N–H and O–H groups in total. The van der Waals surface area contributed by atoms with E-state index in [-0.39, 0.29) is 11.8 Å². The van der Waals surface area contributed by atoms with Gasteiger partial charge in [0.1, 0.15) is 6.04 Å². The summed E-state index contributed by atoms with van der Waals surface area (Å²) in [6, 6.07) is 2.66. The average molecular weight is 297 g/mol. The van der Waals surface area contributed by atoms with Crippen LogP contribution in [-0.4, -0.2) is 23.8 Å². The number of hydrogen-bond donors (Lipinski definition) is 3. The molecular formula is C13H19N3O3S. The van der Waals surface area contributed by atoms with E-state index in [1.54, 1.807) is 45.2 Å². The maximum atomic E-state index is 11.7. The molecule has 7 heteroatoms. The molecule has 0 aliphatic rings. The summed E-state index contributed by atoms with van der Waals surface area (Å²) in [5, 5.41) is 4.35. The zero-order chi connectivity index (χ0) is 15.3. The zero-order valence-corrected chi connectivity index (χ0v) is 12.8. The van der Waals surface area contributed by atoms with Gasteiger partial charge in [-0.25, -0.2) is 0 Å². The highest BCUT2D eigenvalue weighted by Crippen LogP contribution is 2.12. The van der Waals surface area contributed by atoms with Crippen molar-refractivity contribution in [1.82, 2.24) is 16.2 Å². The maximum absolute atomic E-state index is 11.7. The van der Waals surface area contributed by atoms with Gasteiger partial charge in [0.2, 0.25) is 5.91 Å². The molecule has 0 aliphatic carbocycles.